The second kappa shape index (κ2) is 5.64. The number of aromatic nitrogens is 2. The van der Waals surface area contributed by atoms with Gasteiger partial charge in [-0.3, -0.25) is 4.79 Å². The molecule has 0 bridgehead atoms. The molecule has 4 nitrogen and oxygen atoms in total. The first-order valence-corrected chi connectivity index (χ1v) is 5.77. The predicted molar refractivity (Wildman–Crippen MR) is 66.3 cm³/mol. The first kappa shape index (κ1) is 14.5. The number of rotatable bonds is 2. The van der Waals surface area contributed by atoms with E-state index in [4.69, 9.17) is 23.2 Å². The molecule has 104 valence electrons. The van der Waals surface area contributed by atoms with Crippen molar-refractivity contribution < 1.29 is 18.0 Å². The van der Waals surface area contributed by atoms with Crippen molar-refractivity contribution in [2.45, 2.75) is 0 Å². The molecule has 0 aliphatic heterocycles. The van der Waals surface area contributed by atoms with Gasteiger partial charge in [-0.2, -0.15) is 0 Å². The van der Waals surface area contributed by atoms with Gasteiger partial charge in [0.25, 0.3) is 5.91 Å². The van der Waals surface area contributed by atoms with E-state index in [2.05, 4.69) is 15.3 Å². The van der Waals surface area contributed by atoms with Crippen LogP contribution in [-0.2, 0) is 0 Å². The molecule has 0 aliphatic carbocycles. The number of halogens is 5. The van der Waals surface area contributed by atoms with Crippen LogP contribution in [0.4, 0.5) is 19.0 Å². The zero-order valence-electron chi connectivity index (χ0n) is 9.42. The smallest absolute Gasteiger partial charge is 0.257 e. The number of amides is 1. The molecule has 0 saturated heterocycles. The molecule has 9 heteroatoms. The topological polar surface area (TPSA) is 54.9 Å². The fraction of sp³-hybridized carbons (Fsp3) is 0. The van der Waals surface area contributed by atoms with Crippen LogP contribution in [0.5, 0.6) is 0 Å². The van der Waals surface area contributed by atoms with Crippen molar-refractivity contribution >= 4 is 34.9 Å². The van der Waals surface area contributed by atoms with Gasteiger partial charge in [-0.25, -0.2) is 23.1 Å². The molecule has 2 aromatic rings. The standard InChI is InChI=1S/C11H4Cl2F3N3O/c12-7-9(13)17-3-18-10(7)19-11(20)4-1-5(14)8(16)6(15)2-4/h1-3H,(H,17,18,19,20). The maximum Gasteiger partial charge on any atom is 0.257 e. The number of benzene rings is 1. The first-order chi connectivity index (χ1) is 9.40. The van der Waals surface area contributed by atoms with Gasteiger partial charge in [-0.05, 0) is 12.1 Å². The third-order valence-electron chi connectivity index (χ3n) is 2.22. The molecule has 0 aliphatic rings. The Kier molecular flexibility index (Phi) is 4.10. The Morgan fingerprint density at radius 1 is 1.10 bits per heavy atom. The highest BCUT2D eigenvalue weighted by Crippen LogP contribution is 2.26. The Labute approximate surface area is 120 Å². The van der Waals surface area contributed by atoms with Crippen LogP contribution in [-0.4, -0.2) is 15.9 Å². The van der Waals surface area contributed by atoms with Crippen molar-refractivity contribution in [3.8, 4) is 0 Å². The molecule has 1 aromatic carbocycles. The molecule has 20 heavy (non-hydrogen) atoms. The van der Waals surface area contributed by atoms with Gasteiger partial charge in [-0.15, -0.1) is 0 Å². The number of hydrogen-bond acceptors (Lipinski definition) is 3. The summed E-state index contributed by atoms with van der Waals surface area (Å²) >= 11 is 11.3. The minimum atomic E-state index is -1.66. The van der Waals surface area contributed by atoms with Gasteiger partial charge in [0.05, 0.1) is 0 Å². The zero-order chi connectivity index (χ0) is 14.9. The van der Waals surface area contributed by atoms with Crippen molar-refractivity contribution in [2.75, 3.05) is 5.32 Å². The Hall–Kier alpha value is -1.86. The third kappa shape index (κ3) is 2.83. The summed E-state index contributed by atoms with van der Waals surface area (Å²) in [6.07, 6.45) is 1.04. The molecule has 0 spiro atoms. The van der Waals surface area contributed by atoms with E-state index in [0.29, 0.717) is 12.1 Å². The Balaban J connectivity index is 2.31. The van der Waals surface area contributed by atoms with Crippen molar-refractivity contribution in [1.82, 2.24) is 9.97 Å². The van der Waals surface area contributed by atoms with Gasteiger partial charge in [-0.1, -0.05) is 23.2 Å². The highest BCUT2D eigenvalue weighted by atomic mass is 35.5. The van der Waals surface area contributed by atoms with Crippen LogP contribution in [0.15, 0.2) is 18.5 Å². The number of anilines is 1. The van der Waals surface area contributed by atoms with Crippen molar-refractivity contribution in [1.29, 1.82) is 0 Å². The molecule has 0 unspecified atom stereocenters. The monoisotopic (exact) mass is 321 g/mol. The lowest BCUT2D eigenvalue weighted by atomic mass is 10.2. The third-order valence-corrected chi connectivity index (χ3v) is 2.97. The van der Waals surface area contributed by atoms with E-state index in [1.807, 2.05) is 0 Å². The van der Waals surface area contributed by atoms with Crippen molar-refractivity contribution in [3.63, 3.8) is 0 Å². The van der Waals surface area contributed by atoms with E-state index >= 15 is 0 Å². The average molecular weight is 322 g/mol. The largest absolute Gasteiger partial charge is 0.305 e. The second-order valence-corrected chi connectivity index (χ2v) is 4.27. The van der Waals surface area contributed by atoms with Crippen LogP contribution in [0.3, 0.4) is 0 Å². The minimum Gasteiger partial charge on any atom is -0.305 e. The van der Waals surface area contributed by atoms with E-state index in [9.17, 15) is 18.0 Å². The summed E-state index contributed by atoms with van der Waals surface area (Å²) in [4.78, 5) is 19.0. The maximum atomic E-state index is 13.0. The second-order valence-electron chi connectivity index (χ2n) is 3.54. The Morgan fingerprint density at radius 2 is 1.70 bits per heavy atom. The zero-order valence-corrected chi connectivity index (χ0v) is 10.9. The van der Waals surface area contributed by atoms with E-state index in [-0.39, 0.29) is 16.0 Å². The highest BCUT2D eigenvalue weighted by Gasteiger charge is 2.17. The Morgan fingerprint density at radius 3 is 2.30 bits per heavy atom. The summed E-state index contributed by atoms with van der Waals surface area (Å²) in [5.41, 5.74) is -0.438. The summed E-state index contributed by atoms with van der Waals surface area (Å²) in [6.45, 7) is 0. The lowest BCUT2D eigenvalue weighted by Gasteiger charge is -2.07. The molecule has 1 aromatic heterocycles. The molecular formula is C11H4Cl2F3N3O. The fourth-order valence-corrected chi connectivity index (χ4v) is 1.58. The van der Waals surface area contributed by atoms with Gasteiger partial charge in [0.1, 0.15) is 11.3 Å². The van der Waals surface area contributed by atoms with Gasteiger partial charge < -0.3 is 5.32 Å². The molecule has 0 radical (unpaired) electrons. The van der Waals surface area contributed by atoms with Crippen LogP contribution in [0.2, 0.25) is 10.2 Å². The van der Waals surface area contributed by atoms with Gasteiger partial charge >= 0.3 is 0 Å². The highest BCUT2D eigenvalue weighted by molar-refractivity contribution is 6.43. The van der Waals surface area contributed by atoms with Gasteiger partial charge in [0.15, 0.2) is 28.4 Å². The van der Waals surface area contributed by atoms with Crippen LogP contribution in [0.25, 0.3) is 0 Å². The first-order valence-electron chi connectivity index (χ1n) is 5.02. The summed E-state index contributed by atoms with van der Waals surface area (Å²) < 4.78 is 38.8. The van der Waals surface area contributed by atoms with E-state index in [0.717, 1.165) is 6.33 Å². The minimum absolute atomic E-state index is 0.103. The van der Waals surface area contributed by atoms with Crippen molar-refractivity contribution in [2.24, 2.45) is 0 Å². The fourth-order valence-electron chi connectivity index (χ4n) is 1.30. The van der Waals surface area contributed by atoms with Crippen LogP contribution < -0.4 is 5.32 Å². The SMILES string of the molecule is O=C(Nc1ncnc(Cl)c1Cl)c1cc(F)c(F)c(F)c1. The van der Waals surface area contributed by atoms with E-state index in [1.165, 1.54) is 0 Å². The number of carbonyl (C=O) groups is 1. The van der Waals surface area contributed by atoms with Gasteiger partial charge in [0, 0.05) is 5.56 Å². The summed E-state index contributed by atoms with van der Waals surface area (Å²) in [7, 11) is 0. The van der Waals surface area contributed by atoms with E-state index in [1.54, 1.807) is 0 Å². The molecular weight excluding hydrogens is 318 g/mol. The molecule has 1 amide bonds. The van der Waals surface area contributed by atoms with Gasteiger partial charge in [0.2, 0.25) is 0 Å². The Bertz CT molecular complexity index is 674. The van der Waals surface area contributed by atoms with Crippen LogP contribution >= 0.6 is 23.2 Å². The lowest BCUT2D eigenvalue weighted by Crippen LogP contribution is -2.14. The lowest BCUT2D eigenvalue weighted by molar-refractivity contribution is 0.102. The van der Waals surface area contributed by atoms with Crippen LogP contribution in [0.1, 0.15) is 10.4 Å². The number of nitrogens with zero attached hydrogens (tertiary/aromatic N) is 2. The molecule has 0 atom stereocenters. The molecule has 0 fully saturated rings. The molecule has 0 saturated carbocycles. The molecule has 1 heterocycles. The molecule has 2 rings (SSSR count). The normalized spacial score (nSPS) is 10.4. The summed E-state index contributed by atoms with van der Waals surface area (Å²) in [6, 6.07) is 1.09. The summed E-state index contributed by atoms with van der Waals surface area (Å²) in [5.74, 6) is -5.70. The predicted octanol–water partition coefficient (Wildman–Crippen LogP) is 3.45. The molecule has 1 N–H and O–H groups in total. The van der Waals surface area contributed by atoms with Crippen molar-refractivity contribution in [3.05, 3.63) is 51.7 Å². The van der Waals surface area contributed by atoms with E-state index < -0.39 is 28.9 Å². The average Bonchev–Trinajstić information content (AvgIpc) is 2.40. The number of carbonyl (C=O) groups excluding carboxylic acids is 1. The summed E-state index contributed by atoms with van der Waals surface area (Å²) in [5, 5.41) is 1.94. The number of hydrogen-bond donors (Lipinski definition) is 1. The maximum absolute atomic E-state index is 13.0. The quantitative estimate of drug-likeness (QED) is 0.680. The van der Waals surface area contributed by atoms with Crippen LogP contribution in [0, 0.1) is 17.5 Å². The number of nitrogens with one attached hydrogen (secondary N) is 1.